The summed E-state index contributed by atoms with van der Waals surface area (Å²) in [5, 5.41) is 2.48. The molecule has 0 saturated heterocycles. The molecule has 1 N–H and O–H groups in total. The Bertz CT molecular complexity index is 815. The van der Waals surface area contributed by atoms with Crippen LogP contribution >= 0.6 is 0 Å². The first kappa shape index (κ1) is 20.7. The molecule has 2 aromatic rings. The van der Waals surface area contributed by atoms with Crippen LogP contribution in [-0.4, -0.2) is 16.5 Å². The highest BCUT2D eigenvalue weighted by atomic mass is 19.4. The van der Waals surface area contributed by atoms with E-state index in [1.165, 1.54) is 30.3 Å². The minimum absolute atomic E-state index is 0.0204. The third-order valence-electron chi connectivity index (χ3n) is 4.57. The number of halogens is 4. The predicted molar refractivity (Wildman–Crippen MR) is 92.8 cm³/mol. The second kappa shape index (κ2) is 7.17. The van der Waals surface area contributed by atoms with E-state index in [-0.39, 0.29) is 5.69 Å². The van der Waals surface area contributed by atoms with Crippen molar-refractivity contribution in [2.24, 2.45) is 5.41 Å². The summed E-state index contributed by atoms with van der Waals surface area (Å²) in [6.07, 6.45) is -3.63. The van der Waals surface area contributed by atoms with Crippen LogP contribution in [0.15, 0.2) is 42.6 Å². The molecule has 0 radical (unpaired) electrons. The average Bonchev–Trinajstić information content (AvgIpc) is 2.56. The molecule has 0 aliphatic rings. The molecule has 2 rings (SSSR count). The van der Waals surface area contributed by atoms with Crippen LogP contribution in [-0.2, 0) is 11.0 Å². The van der Waals surface area contributed by atoms with E-state index in [0.29, 0.717) is 5.75 Å². The van der Waals surface area contributed by atoms with Crippen molar-refractivity contribution < 1.29 is 27.1 Å². The molecule has 1 aromatic heterocycles. The lowest BCUT2D eigenvalue weighted by Gasteiger charge is -2.40. The summed E-state index contributed by atoms with van der Waals surface area (Å²) in [7, 11) is 0. The van der Waals surface area contributed by atoms with Crippen LogP contribution in [0.25, 0.3) is 0 Å². The first-order valence-electron chi connectivity index (χ1n) is 8.12. The Morgan fingerprint density at radius 3 is 2.19 bits per heavy atom. The van der Waals surface area contributed by atoms with Crippen molar-refractivity contribution >= 4 is 11.6 Å². The fourth-order valence-electron chi connectivity index (χ4n) is 2.15. The van der Waals surface area contributed by atoms with E-state index in [2.05, 4.69) is 10.3 Å². The van der Waals surface area contributed by atoms with E-state index < -0.39 is 34.6 Å². The van der Waals surface area contributed by atoms with Crippen LogP contribution in [0.1, 0.15) is 33.4 Å². The normalized spacial score (nSPS) is 12.6. The van der Waals surface area contributed by atoms with E-state index in [1.54, 1.807) is 27.7 Å². The topological polar surface area (TPSA) is 51.2 Å². The van der Waals surface area contributed by atoms with Gasteiger partial charge in [-0.3, -0.25) is 9.78 Å². The second-order valence-corrected chi connectivity index (χ2v) is 7.07. The highest BCUT2D eigenvalue weighted by Crippen LogP contribution is 2.36. The third kappa shape index (κ3) is 4.75. The van der Waals surface area contributed by atoms with Crippen LogP contribution in [0.3, 0.4) is 0 Å². The molecule has 0 aliphatic carbocycles. The van der Waals surface area contributed by atoms with Gasteiger partial charge >= 0.3 is 6.18 Å². The number of pyridine rings is 1. The van der Waals surface area contributed by atoms with Crippen molar-refractivity contribution in [3.63, 3.8) is 0 Å². The Morgan fingerprint density at radius 1 is 1.04 bits per heavy atom. The number of aromatic nitrogens is 1. The summed E-state index contributed by atoms with van der Waals surface area (Å²) in [6.45, 7) is 6.56. The molecular formula is C19H20F4N2O2. The molecule has 8 heteroatoms. The largest absolute Gasteiger partial charge is 0.487 e. The Labute approximate surface area is 154 Å². The van der Waals surface area contributed by atoms with Crippen molar-refractivity contribution in [1.82, 2.24) is 4.98 Å². The van der Waals surface area contributed by atoms with Crippen LogP contribution in [0.2, 0.25) is 0 Å². The Hall–Kier alpha value is -2.64. The number of rotatable bonds is 5. The molecule has 1 heterocycles. The monoisotopic (exact) mass is 384 g/mol. The molecule has 0 fully saturated rings. The lowest BCUT2D eigenvalue weighted by molar-refractivity contribution is -0.141. The first-order valence-corrected chi connectivity index (χ1v) is 8.12. The molecule has 1 aromatic carbocycles. The van der Waals surface area contributed by atoms with Gasteiger partial charge in [0.2, 0.25) is 5.91 Å². The fourth-order valence-corrected chi connectivity index (χ4v) is 2.15. The third-order valence-corrected chi connectivity index (χ3v) is 4.57. The lowest BCUT2D eigenvalue weighted by Crippen LogP contribution is -2.51. The molecule has 0 spiro atoms. The molecule has 0 atom stereocenters. The summed E-state index contributed by atoms with van der Waals surface area (Å²) < 4.78 is 57.2. The van der Waals surface area contributed by atoms with Crippen molar-refractivity contribution in [2.75, 3.05) is 5.32 Å². The van der Waals surface area contributed by atoms with Crippen molar-refractivity contribution in [1.29, 1.82) is 0 Å². The highest BCUT2D eigenvalue weighted by molar-refractivity contribution is 5.95. The Morgan fingerprint density at radius 2 is 1.63 bits per heavy atom. The van der Waals surface area contributed by atoms with Gasteiger partial charge in [-0.2, -0.15) is 13.2 Å². The van der Waals surface area contributed by atoms with Crippen LogP contribution < -0.4 is 10.1 Å². The zero-order chi connectivity index (χ0) is 20.5. The lowest BCUT2D eigenvalue weighted by atomic mass is 9.76. The number of nitrogens with zero attached hydrogens (tertiary/aromatic N) is 1. The number of hydrogen-bond donors (Lipinski definition) is 1. The number of anilines is 1. The standard InChI is InChI=1S/C19H20F4N2O2/c1-17(2,18(3,4)27-14-7-5-12(20)6-8-14)16(26)25-13-9-10-24-15(11-13)19(21,22)23/h5-11H,1-4H3,(H,24,25,26). The van der Waals surface area contributed by atoms with Gasteiger partial charge in [-0.1, -0.05) is 0 Å². The van der Waals surface area contributed by atoms with Crippen molar-refractivity contribution in [3.05, 3.63) is 54.1 Å². The quantitative estimate of drug-likeness (QED) is 0.733. The zero-order valence-electron chi connectivity index (χ0n) is 15.3. The number of carbonyl (C=O) groups is 1. The molecule has 1 amide bonds. The number of alkyl halides is 3. The van der Waals surface area contributed by atoms with E-state index in [0.717, 1.165) is 12.3 Å². The summed E-state index contributed by atoms with van der Waals surface area (Å²) >= 11 is 0. The molecule has 0 aliphatic heterocycles. The zero-order valence-corrected chi connectivity index (χ0v) is 15.3. The van der Waals surface area contributed by atoms with Gasteiger partial charge in [-0.25, -0.2) is 4.39 Å². The number of carbonyl (C=O) groups excluding carboxylic acids is 1. The number of nitrogens with one attached hydrogen (secondary N) is 1. The SMILES string of the molecule is CC(C)(Oc1ccc(F)cc1)C(C)(C)C(=O)Nc1ccnc(C(F)(F)F)c1. The van der Waals surface area contributed by atoms with Crippen LogP contribution in [0.4, 0.5) is 23.2 Å². The number of hydrogen-bond acceptors (Lipinski definition) is 3. The Kier molecular flexibility index (Phi) is 5.49. The number of ether oxygens (including phenoxy) is 1. The molecule has 0 unspecified atom stereocenters. The Balaban J connectivity index is 2.19. The van der Waals surface area contributed by atoms with Gasteiger partial charge in [0.05, 0.1) is 5.41 Å². The summed E-state index contributed by atoms with van der Waals surface area (Å²) in [4.78, 5) is 16.0. The van der Waals surface area contributed by atoms with E-state index in [1.807, 2.05) is 0 Å². The summed E-state index contributed by atoms with van der Waals surface area (Å²) in [6, 6.07) is 7.37. The molecular weight excluding hydrogens is 364 g/mol. The highest BCUT2D eigenvalue weighted by Gasteiger charge is 2.45. The first-order chi connectivity index (χ1) is 12.3. The van der Waals surface area contributed by atoms with Crippen molar-refractivity contribution in [2.45, 2.75) is 39.5 Å². The van der Waals surface area contributed by atoms with Crippen molar-refractivity contribution in [3.8, 4) is 5.75 Å². The molecule has 0 saturated carbocycles. The van der Waals surface area contributed by atoms with E-state index >= 15 is 0 Å². The van der Waals surface area contributed by atoms with Gasteiger partial charge in [0, 0.05) is 11.9 Å². The molecule has 146 valence electrons. The van der Waals surface area contributed by atoms with Gasteiger partial charge in [0.15, 0.2) is 0 Å². The molecule has 0 bridgehead atoms. The maximum Gasteiger partial charge on any atom is 0.433 e. The number of benzene rings is 1. The maximum absolute atomic E-state index is 13.0. The summed E-state index contributed by atoms with van der Waals surface area (Å²) in [5.41, 5.74) is -3.30. The predicted octanol–water partition coefficient (Wildman–Crippen LogP) is 5.06. The minimum Gasteiger partial charge on any atom is -0.487 e. The second-order valence-electron chi connectivity index (χ2n) is 7.07. The molecule has 4 nitrogen and oxygen atoms in total. The van der Waals surface area contributed by atoms with E-state index in [4.69, 9.17) is 4.74 Å². The van der Waals surface area contributed by atoms with E-state index in [9.17, 15) is 22.4 Å². The average molecular weight is 384 g/mol. The van der Waals surface area contributed by atoms with Gasteiger partial charge < -0.3 is 10.1 Å². The minimum atomic E-state index is -4.61. The fraction of sp³-hybridized carbons (Fsp3) is 0.368. The molecule has 27 heavy (non-hydrogen) atoms. The van der Waals surface area contributed by atoms with Crippen LogP contribution in [0, 0.1) is 11.2 Å². The van der Waals surface area contributed by atoms with Gasteiger partial charge in [-0.15, -0.1) is 0 Å². The maximum atomic E-state index is 13.0. The van der Waals surface area contributed by atoms with Gasteiger partial charge in [-0.05, 0) is 64.1 Å². The van der Waals surface area contributed by atoms with Gasteiger partial charge in [0.1, 0.15) is 22.9 Å². The van der Waals surface area contributed by atoms with Gasteiger partial charge in [0.25, 0.3) is 0 Å². The summed E-state index contributed by atoms with van der Waals surface area (Å²) in [5.74, 6) is -0.588. The van der Waals surface area contributed by atoms with Crippen LogP contribution in [0.5, 0.6) is 5.75 Å². The number of amides is 1. The smallest absolute Gasteiger partial charge is 0.433 e.